The number of para-hydroxylation sites is 1. The molecule has 5 nitrogen and oxygen atoms in total. The molecule has 1 N–H and O–H groups in total. The first-order chi connectivity index (χ1) is 12.2. The predicted octanol–water partition coefficient (Wildman–Crippen LogP) is 4.76. The topological polar surface area (TPSA) is 60.5 Å². The lowest BCUT2D eigenvalue weighted by atomic mass is 10.3. The maximum absolute atomic E-state index is 12.0. The van der Waals surface area contributed by atoms with Crippen LogP contribution in [0.3, 0.4) is 0 Å². The van der Waals surface area contributed by atoms with E-state index in [4.69, 9.17) is 21.1 Å². The molecule has 0 bridgehead atoms. The van der Waals surface area contributed by atoms with Gasteiger partial charge in [-0.15, -0.1) is 0 Å². The Bertz CT molecular complexity index is 882. The molecular weight excluding hydrogens is 360 g/mol. The summed E-state index contributed by atoms with van der Waals surface area (Å²) in [5.74, 6) is 0.987. The summed E-state index contributed by atoms with van der Waals surface area (Å²) in [5.41, 5.74) is 0.816. The summed E-state index contributed by atoms with van der Waals surface area (Å²) in [6.45, 7) is 2.60. The summed E-state index contributed by atoms with van der Waals surface area (Å²) in [6, 6.07) is 12.7. The number of fused-ring (bicyclic) bond motifs is 1. The van der Waals surface area contributed by atoms with Gasteiger partial charge in [0.05, 0.1) is 21.8 Å². The lowest BCUT2D eigenvalue weighted by Gasteiger charge is -2.06. The van der Waals surface area contributed by atoms with Crippen molar-refractivity contribution in [2.45, 2.75) is 13.3 Å². The predicted molar refractivity (Wildman–Crippen MR) is 101 cm³/mol. The van der Waals surface area contributed by atoms with Gasteiger partial charge in [0, 0.05) is 0 Å². The molecule has 0 fully saturated rings. The first-order valence-electron chi connectivity index (χ1n) is 7.86. The minimum absolute atomic E-state index is 0.134. The van der Waals surface area contributed by atoms with Gasteiger partial charge in [-0.05, 0) is 36.8 Å². The number of benzene rings is 2. The van der Waals surface area contributed by atoms with E-state index in [1.165, 1.54) is 11.3 Å². The number of nitrogens with one attached hydrogen (secondary N) is 1. The van der Waals surface area contributed by atoms with Crippen molar-refractivity contribution in [3.8, 4) is 11.5 Å². The fourth-order valence-electron chi connectivity index (χ4n) is 2.13. The summed E-state index contributed by atoms with van der Waals surface area (Å²) < 4.78 is 12.0. The van der Waals surface area contributed by atoms with Crippen molar-refractivity contribution in [2.24, 2.45) is 0 Å². The van der Waals surface area contributed by atoms with Crippen molar-refractivity contribution in [3.63, 3.8) is 0 Å². The fraction of sp³-hybridized carbons (Fsp3) is 0.222. The van der Waals surface area contributed by atoms with E-state index in [0.29, 0.717) is 22.5 Å². The van der Waals surface area contributed by atoms with E-state index in [1.54, 1.807) is 24.3 Å². The Kier molecular flexibility index (Phi) is 5.73. The molecule has 2 aromatic carbocycles. The maximum Gasteiger partial charge on any atom is 0.264 e. The van der Waals surface area contributed by atoms with Crippen LogP contribution in [0.25, 0.3) is 10.2 Å². The van der Waals surface area contributed by atoms with Crippen molar-refractivity contribution >= 4 is 44.2 Å². The van der Waals surface area contributed by atoms with E-state index in [2.05, 4.69) is 17.2 Å². The number of halogens is 1. The SMILES string of the molecule is CCCOc1ccc2nc(NC(=O)COc3ccccc3Cl)sc2c1. The van der Waals surface area contributed by atoms with Gasteiger partial charge >= 0.3 is 0 Å². The highest BCUT2D eigenvalue weighted by atomic mass is 35.5. The second-order valence-corrected chi connectivity index (χ2v) is 6.70. The largest absolute Gasteiger partial charge is 0.494 e. The first-order valence-corrected chi connectivity index (χ1v) is 9.05. The molecule has 7 heteroatoms. The van der Waals surface area contributed by atoms with Crippen LogP contribution in [0, 0.1) is 0 Å². The summed E-state index contributed by atoms with van der Waals surface area (Å²) in [7, 11) is 0. The van der Waals surface area contributed by atoms with E-state index < -0.39 is 0 Å². The molecule has 0 aliphatic heterocycles. The summed E-state index contributed by atoms with van der Waals surface area (Å²) in [5, 5.41) is 3.73. The molecule has 0 atom stereocenters. The number of carbonyl (C=O) groups excluding carboxylic acids is 1. The number of ether oxygens (including phenoxy) is 2. The number of aromatic nitrogens is 1. The minimum atomic E-state index is -0.290. The van der Waals surface area contributed by atoms with Crippen LogP contribution in [0.1, 0.15) is 13.3 Å². The molecule has 3 rings (SSSR count). The van der Waals surface area contributed by atoms with E-state index in [-0.39, 0.29) is 12.5 Å². The molecule has 0 saturated heterocycles. The zero-order chi connectivity index (χ0) is 17.6. The molecule has 25 heavy (non-hydrogen) atoms. The van der Waals surface area contributed by atoms with Crippen molar-refractivity contribution < 1.29 is 14.3 Å². The van der Waals surface area contributed by atoms with Gasteiger partial charge in [0.2, 0.25) is 0 Å². The van der Waals surface area contributed by atoms with E-state index in [1.807, 2.05) is 18.2 Å². The van der Waals surface area contributed by atoms with E-state index in [0.717, 1.165) is 22.4 Å². The van der Waals surface area contributed by atoms with Gasteiger partial charge in [0.25, 0.3) is 5.91 Å². The van der Waals surface area contributed by atoms with Crippen LogP contribution >= 0.6 is 22.9 Å². The van der Waals surface area contributed by atoms with Crippen molar-refractivity contribution in [3.05, 3.63) is 47.5 Å². The van der Waals surface area contributed by atoms with Crippen LogP contribution < -0.4 is 14.8 Å². The molecule has 1 aromatic heterocycles. The standard InChI is InChI=1S/C18H17ClN2O3S/c1-2-9-23-12-7-8-14-16(10-12)25-18(20-14)21-17(22)11-24-15-6-4-3-5-13(15)19/h3-8,10H,2,9,11H2,1H3,(H,20,21,22). The Balaban J connectivity index is 1.62. The molecule has 0 saturated carbocycles. The number of amides is 1. The highest BCUT2D eigenvalue weighted by molar-refractivity contribution is 7.22. The molecule has 0 aliphatic rings. The normalized spacial score (nSPS) is 10.6. The molecule has 0 spiro atoms. The third kappa shape index (κ3) is 4.61. The highest BCUT2D eigenvalue weighted by Gasteiger charge is 2.10. The van der Waals surface area contributed by atoms with Crippen molar-refractivity contribution in [2.75, 3.05) is 18.5 Å². The molecular formula is C18H17ClN2O3S. The lowest BCUT2D eigenvalue weighted by molar-refractivity contribution is -0.118. The second-order valence-electron chi connectivity index (χ2n) is 5.26. The molecule has 0 unspecified atom stereocenters. The third-order valence-corrected chi connectivity index (χ3v) is 4.52. The Morgan fingerprint density at radius 3 is 2.88 bits per heavy atom. The number of carbonyl (C=O) groups is 1. The van der Waals surface area contributed by atoms with E-state index >= 15 is 0 Å². The van der Waals surface area contributed by atoms with Gasteiger partial charge in [-0.3, -0.25) is 10.1 Å². The van der Waals surface area contributed by atoms with Crippen LogP contribution in [0.15, 0.2) is 42.5 Å². The van der Waals surface area contributed by atoms with Crippen LogP contribution in [-0.4, -0.2) is 24.1 Å². The number of hydrogen-bond donors (Lipinski definition) is 1. The zero-order valence-corrected chi connectivity index (χ0v) is 15.2. The Labute approximate surface area is 154 Å². The average molecular weight is 377 g/mol. The van der Waals surface area contributed by atoms with Gasteiger partial charge in [-0.25, -0.2) is 4.98 Å². The van der Waals surface area contributed by atoms with Gasteiger partial charge in [0.1, 0.15) is 11.5 Å². The Morgan fingerprint density at radius 1 is 1.24 bits per heavy atom. The van der Waals surface area contributed by atoms with Gasteiger partial charge < -0.3 is 9.47 Å². The summed E-state index contributed by atoms with van der Waals surface area (Å²) in [4.78, 5) is 16.4. The molecule has 1 heterocycles. The highest BCUT2D eigenvalue weighted by Crippen LogP contribution is 2.29. The monoisotopic (exact) mass is 376 g/mol. The van der Waals surface area contributed by atoms with Crippen LogP contribution in [0.2, 0.25) is 5.02 Å². The number of anilines is 1. The zero-order valence-electron chi connectivity index (χ0n) is 13.6. The lowest BCUT2D eigenvalue weighted by Crippen LogP contribution is -2.20. The molecule has 0 radical (unpaired) electrons. The van der Waals surface area contributed by atoms with Gasteiger partial charge in [-0.2, -0.15) is 0 Å². The van der Waals surface area contributed by atoms with Crippen molar-refractivity contribution in [1.29, 1.82) is 0 Å². The van der Waals surface area contributed by atoms with Crippen molar-refractivity contribution in [1.82, 2.24) is 4.98 Å². The Hall–Kier alpha value is -2.31. The van der Waals surface area contributed by atoms with Crippen LogP contribution in [0.5, 0.6) is 11.5 Å². The second kappa shape index (κ2) is 8.18. The van der Waals surface area contributed by atoms with Gasteiger partial charge in [0.15, 0.2) is 11.7 Å². The molecule has 3 aromatic rings. The minimum Gasteiger partial charge on any atom is -0.494 e. The summed E-state index contributed by atoms with van der Waals surface area (Å²) in [6.07, 6.45) is 0.952. The molecule has 0 aliphatic carbocycles. The van der Waals surface area contributed by atoms with Gasteiger partial charge in [-0.1, -0.05) is 42.0 Å². The van der Waals surface area contributed by atoms with Crippen LogP contribution in [-0.2, 0) is 4.79 Å². The number of thiazole rings is 1. The number of rotatable bonds is 7. The number of nitrogens with zero attached hydrogens (tertiary/aromatic N) is 1. The quantitative estimate of drug-likeness (QED) is 0.646. The maximum atomic E-state index is 12.0. The fourth-order valence-corrected chi connectivity index (χ4v) is 3.23. The molecule has 130 valence electrons. The smallest absolute Gasteiger partial charge is 0.264 e. The van der Waals surface area contributed by atoms with Crippen LogP contribution in [0.4, 0.5) is 5.13 Å². The molecule has 1 amide bonds. The first kappa shape index (κ1) is 17.5. The van der Waals surface area contributed by atoms with E-state index in [9.17, 15) is 4.79 Å². The third-order valence-electron chi connectivity index (χ3n) is 3.27. The number of hydrogen-bond acceptors (Lipinski definition) is 5. The Morgan fingerprint density at radius 2 is 2.08 bits per heavy atom. The summed E-state index contributed by atoms with van der Waals surface area (Å²) >= 11 is 7.39. The average Bonchev–Trinajstić information content (AvgIpc) is 3.00.